The molecule has 16 unspecified atom stereocenters. The summed E-state index contributed by atoms with van der Waals surface area (Å²) in [5.74, 6) is -4.12. The monoisotopic (exact) mass is 1270 g/mol. The molecule has 0 bridgehead atoms. The number of nitrogens with one attached hydrogen (secondary N) is 8. The van der Waals surface area contributed by atoms with Crippen molar-refractivity contribution < 1.29 is 127 Å². The van der Waals surface area contributed by atoms with E-state index < -0.39 is 165 Å². The van der Waals surface area contributed by atoms with Gasteiger partial charge < -0.3 is 136 Å². The maximum Gasteiger partial charge on any atom is 0.242 e. The van der Waals surface area contributed by atoms with E-state index in [0.717, 1.165) is 0 Å². The van der Waals surface area contributed by atoms with Crippen LogP contribution in [-0.4, -0.2) is 310 Å². The molecule has 4 aliphatic rings. The highest BCUT2D eigenvalue weighted by molar-refractivity contribution is 5.90. The lowest BCUT2D eigenvalue weighted by molar-refractivity contribution is -0.272. The molecule has 1 saturated carbocycles. The lowest BCUT2D eigenvalue weighted by Gasteiger charge is -2.42. The minimum Gasteiger partial charge on any atom is -0.394 e. The van der Waals surface area contributed by atoms with Crippen LogP contribution in [0.5, 0.6) is 0 Å². The smallest absolute Gasteiger partial charge is 0.242 e. The predicted molar refractivity (Wildman–Crippen MR) is 300 cm³/mol. The molecule has 0 aromatic heterocycles. The number of carbonyl (C=O) groups excluding carboxylic acids is 7. The Morgan fingerprint density at radius 2 is 0.864 bits per heavy atom. The molecule has 3 heterocycles. The molecule has 0 aromatic rings. The molecular formula is C54H96N8O26. The van der Waals surface area contributed by atoms with Crippen molar-refractivity contribution in [3.05, 3.63) is 0 Å². The Balaban J connectivity index is 1.30. The summed E-state index contributed by atoms with van der Waals surface area (Å²) in [6.45, 7) is 2.29. The summed E-state index contributed by atoms with van der Waals surface area (Å²) in [5, 5.41) is 113. The second-order valence-corrected chi connectivity index (χ2v) is 21.7. The fraction of sp³-hybridized carbons (Fsp3) is 0.870. The van der Waals surface area contributed by atoms with Crippen molar-refractivity contribution >= 4 is 41.4 Å². The molecule has 7 amide bonds. The summed E-state index contributed by atoms with van der Waals surface area (Å²) in [5.41, 5.74) is 0. The Hall–Kier alpha value is -4.51. The van der Waals surface area contributed by atoms with Crippen molar-refractivity contribution in [1.29, 1.82) is 0 Å². The molecule has 508 valence electrons. The molecule has 3 aliphatic heterocycles. The average Bonchev–Trinajstić information content (AvgIpc) is 3.04. The SMILES string of the molecule is COC1CCC(C(=O)NC(CCC(=O)NC(CCCNCCOCCOC2OC(CO)[C@H](O)C(O)C2NC(C)=O)C(=O)NCCOCCOC2OC(CO)C(O)C(O)C2NC(C)=O)C(=O)NCCOCCOC2OC(CO)C(O)C(O)C2NC(C)=O)CC1. The van der Waals surface area contributed by atoms with E-state index >= 15 is 0 Å². The first-order valence-electron chi connectivity index (χ1n) is 29.8. The highest BCUT2D eigenvalue weighted by atomic mass is 16.7. The molecule has 3 saturated heterocycles. The van der Waals surface area contributed by atoms with Gasteiger partial charge in [-0.25, -0.2) is 0 Å². The summed E-state index contributed by atoms with van der Waals surface area (Å²) < 4.78 is 56.0. The van der Waals surface area contributed by atoms with Gasteiger partial charge in [-0.3, -0.25) is 33.6 Å². The molecule has 0 radical (unpaired) electrons. The Morgan fingerprint density at radius 1 is 0.477 bits per heavy atom. The van der Waals surface area contributed by atoms with Crippen molar-refractivity contribution in [3.8, 4) is 0 Å². The van der Waals surface area contributed by atoms with Gasteiger partial charge in [-0.2, -0.15) is 0 Å². The van der Waals surface area contributed by atoms with E-state index in [1.165, 1.54) is 20.8 Å². The fourth-order valence-electron chi connectivity index (χ4n) is 10.2. The number of hydrogen-bond acceptors (Lipinski definition) is 27. The lowest BCUT2D eigenvalue weighted by atomic mass is 9.86. The Bertz CT molecular complexity index is 2090. The minimum absolute atomic E-state index is 0.00120. The molecule has 0 aromatic carbocycles. The number of methoxy groups -OCH3 is 1. The first kappa shape index (κ1) is 75.9. The van der Waals surface area contributed by atoms with Crippen LogP contribution in [0.4, 0.5) is 0 Å². The zero-order chi connectivity index (χ0) is 64.7. The Kier molecular flexibility index (Phi) is 35.4. The van der Waals surface area contributed by atoms with E-state index in [0.29, 0.717) is 45.2 Å². The highest BCUT2D eigenvalue weighted by Crippen LogP contribution is 2.27. The van der Waals surface area contributed by atoms with Crippen LogP contribution in [0.2, 0.25) is 0 Å². The van der Waals surface area contributed by atoms with Crippen molar-refractivity contribution in [1.82, 2.24) is 42.5 Å². The van der Waals surface area contributed by atoms with E-state index in [2.05, 4.69) is 42.5 Å². The molecule has 34 nitrogen and oxygen atoms in total. The molecular weight excluding hydrogens is 1180 g/mol. The lowest BCUT2D eigenvalue weighted by Crippen LogP contribution is -2.64. The predicted octanol–water partition coefficient (Wildman–Crippen LogP) is -8.53. The van der Waals surface area contributed by atoms with Crippen LogP contribution in [0, 0.1) is 5.92 Å². The van der Waals surface area contributed by atoms with Crippen LogP contribution in [-0.2, 0) is 80.9 Å². The van der Waals surface area contributed by atoms with E-state index in [4.69, 9.17) is 47.4 Å². The summed E-state index contributed by atoms with van der Waals surface area (Å²) in [6.07, 6.45) is -13.8. The number of carbonyl (C=O) groups is 7. The van der Waals surface area contributed by atoms with Crippen molar-refractivity contribution in [3.63, 3.8) is 0 Å². The van der Waals surface area contributed by atoms with Crippen LogP contribution in [0.15, 0.2) is 0 Å². The third-order valence-corrected chi connectivity index (χ3v) is 15.0. The molecule has 17 atom stereocenters. The largest absolute Gasteiger partial charge is 0.394 e. The normalized spacial score (nSPS) is 30.5. The zero-order valence-electron chi connectivity index (χ0n) is 50.4. The molecule has 4 rings (SSSR count). The van der Waals surface area contributed by atoms with Gasteiger partial charge >= 0.3 is 0 Å². The van der Waals surface area contributed by atoms with Gasteiger partial charge in [0, 0.05) is 59.9 Å². The fourth-order valence-corrected chi connectivity index (χ4v) is 10.2. The first-order valence-corrected chi connectivity index (χ1v) is 29.8. The van der Waals surface area contributed by atoms with Crippen molar-refractivity contribution in [2.24, 2.45) is 5.92 Å². The van der Waals surface area contributed by atoms with Gasteiger partial charge in [0.25, 0.3) is 0 Å². The van der Waals surface area contributed by atoms with Crippen LogP contribution in [0.25, 0.3) is 0 Å². The Morgan fingerprint density at radius 3 is 1.24 bits per heavy atom. The molecule has 88 heavy (non-hydrogen) atoms. The van der Waals surface area contributed by atoms with Crippen molar-refractivity contribution in [2.45, 2.75) is 182 Å². The highest BCUT2D eigenvalue weighted by Gasteiger charge is 2.48. The van der Waals surface area contributed by atoms with Gasteiger partial charge in [0.2, 0.25) is 41.4 Å². The van der Waals surface area contributed by atoms with E-state index in [1.54, 1.807) is 7.11 Å². The quantitative estimate of drug-likeness (QED) is 0.0253. The van der Waals surface area contributed by atoms with Crippen LogP contribution < -0.4 is 42.5 Å². The van der Waals surface area contributed by atoms with Crippen molar-refractivity contribution in [2.75, 3.05) is 113 Å². The second-order valence-electron chi connectivity index (χ2n) is 21.7. The first-order chi connectivity index (χ1) is 42.1. The molecule has 1 aliphatic carbocycles. The number of rotatable bonds is 40. The van der Waals surface area contributed by atoms with Gasteiger partial charge in [0.05, 0.1) is 85.4 Å². The number of amides is 7. The van der Waals surface area contributed by atoms with Gasteiger partial charge in [0.1, 0.15) is 85.1 Å². The summed E-state index contributed by atoms with van der Waals surface area (Å²) in [6, 6.07) is -5.68. The summed E-state index contributed by atoms with van der Waals surface area (Å²) >= 11 is 0. The van der Waals surface area contributed by atoms with E-state index in [1.807, 2.05) is 0 Å². The summed E-state index contributed by atoms with van der Waals surface area (Å²) in [4.78, 5) is 90.0. The third kappa shape index (κ3) is 25.6. The van der Waals surface area contributed by atoms with Gasteiger partial charge in [-0.15, -0.1) is 0 Å². The van der Waals surface area contributed by atoms with Gasteiger partial charge in [-0.1, -0.05) is 0 Å². The van der Waals surface area contributed by atoms with Crippen LogP contribution in [0.3, 0.4) is 0 Å². The number of hydrogen-bond donors (Lipinski definition) is 17. The van der Waals surface area contributed by atoms with E-state index in [-0.39, 0.29) is 104 Å². The molecule has 0 spiro atoms. The molecule has 4 fully saturated rings. The zero-order valence-corrected chi connectivity index (χ0v) is 50.4. The molecule has 34 heteroatoms. The van der Waals surface area contributed by atoms with Gasteiger partial charge in [0.15, 0.2) is 18.9 Å². The number of aliphatic hydroxyl groups excluding tert-OH is 9. The van der Waals surface area contributed by atoms with E-state index in [9.17, 15) is 79.5 Å². The average molecular weight is 1270 g/mol. The summed E-state index contributed by atoms with van der Waals surface area (Å²) in [7, 11) is 1.60. The number of ether oxygens (including phenoxy) is 10. The Labute approximate surface area is 510 Å². The number of aliphatic hydroxyl groups is 9. The third-order valence-electron chi connectivity index (χ3n) is 15.0. The van der Waals surface area contributed by atoms with Crippen LogP contribution in [0.1, 0.15) is 72.1 Å². The minimum atomic E-state index is -1.51. The maximum absolute atomic E-state index is 13.7. The second kappa shape index (κ2) is 41.1. The van der Waals surface area contributed by atoms with Gasteiger partial charge in [-0.05, 0) is 51.5 Å². The molecule has 17 N–H and O–H groups in total. The standard InChI is InChI=1S/C54H96N8O26/c1-29(66)58-40-46(73)43(70)36(26-63)86-52(40)83-23-20-80-17-14-55-13-5-6-34(50(77)56-15-18-81-21-24-84-53-41(59-30(2)67)47(74)44(71)37(27-64)87-53)61-39(69)12-11-35(62-49(76)32-7-9-33(79-4)10-8-32)51(78)57-16-19-82-22-25-85-54-42(60-31(3)68)48(75)45(72)38(28-65)88-54/h32-38,40-48,52-55,63-65,70-75H,5-28H2,1-4H3,(H,56,77)(H,57,78)(H,58,66)(H,59,67)(H,60,68)(H,61,69)(H,62,76)/t32?,33?,34?,35?,36?,37?,38?,40?,41?,42?,43-,44?,45?,46?,47?,48?,52?,53?,54?/m0/s1. The maximum atomic E-state index is 13.7. The van der Waals surface area contributed by atoms with Crippen LogP contribution >= 0.6 is 0 Å². The topological polar surface area (TPSA) is 490 Å².